The van der Waals surface area contributed by atoms with E-state index in [1.54, 1.807) is 60.6 Å². The molecule has 3 atom stereocenters. The van der Waals surface area contributed by atoms with E-state index in [1.165, 1.54) is 12.1 Å². The molecule has 0 aliphatic carbocycles. The first-order valence-corrected chi connectivity index (χ1v) is 18.5. The lowest BCUT2D eigenvalue weighted by molar-refractivity contribution is -0.158. The first kappa shape index (κ1) is 45.0. The van der Waals surface area contributed by atoms with Gasteiger partial charge in [0.15, 0.2) is 11.9 Å². The van der Waals surface area contributed by atoms with Gasteiger partial charge in [-0.15, -0.1) is 0 Å². The summed E-state index contributed by atoms with van der Waals surface area (Å²) in [6.45, 7) is 11.6. The van der Waals surface area contributed by atoms with Crippen LogP contribution < -0.4 is 16.0 Å². The van der Waals surface area contributed by atoms with Gasteiger partial charge in [-0.2, -0.15) is 0 Å². The molecule has 0 aromatic heterocycles. The van der Waals surface area contributed by atoms with E-state index >= 15 is 0 Å². The first-order valence-electron chi connectivity index (χ1n) is 18.5. The Morgan fingerprint density at radius 3 is 2.05 bits per heavy atom. The summed E-state index contributed by atoms with van der Waals surface area (Å²) in [6, 6.07) is 16.3. The molecule has 14 heteroatoms. The van der Waals surface area contributed by atoms with Crippen LogP contribution in [0.1, 0.15) is 88.4 Å². The summed E-state index contributed by atoms with van der Waals surface area (Å²) in [6.07, 6.45) is -3.10. The number of benzene rings is 3. The van der Waals surface area contributed by atoms with Gasteiger partial charge in [-0.25, -0.2) is 18.4 Å². The summed E-state index contributed by atoms with van der Waals surface area (Å²) in [4.78, 5) is 65.7. The fourth-order valence-corrected chi connectivity index (χ4v) is 5.37. The second kappa shape index (κ2) is 21.1. The highest BCUT2D eigenvalue weighted by Gasteiger charge is 2.35. The van der Waals surface area contributed by atoms with Crippen LogP contribution in [0.5, 0.6) is 0 Å². The summed E-state index contributed by atoms with van der Waals surface area (Å²) in [5.41, 5.74) is -0.324. The fraction of sp³-hybridized carbons (Fsp3) is 0.452. The third-order valence-electron chi connectivity index (χ3n) is 7.78. The standard InChI is InChI=1S/C42H53F2N3O9/c1-8-13-36(49)54-37(34(47-40(52)56-42(5,6)7)26-53-25-27-14-10-9-11-15-27)35(48)21-28-16-12-17-29(20-28)38(50)45-24-32(46-39(51)55-41(2,3)4)23-30-22-31(43)18-19-33(30)44/h9-12,14-20,22,32,34,37H,8,13,21,23-26H2,1-7H3,(H,45,50)(H,46,51)(H,47,52). The third kappa shape index (κ3) is 16.6. The van der Waals surface area contributed by atoms with Gasteiger partial charge >= 0.3 is 18.2 Å². The highest BCUT2D eigenvalue weighted by molar-refractivity contribution is 5.95. The number of carbonyl (C=O) groups excluding carboxylic acids is 5. The van der Waals surface area contributed by atoms with E-state index in [1.807, 2.05) is 30.3 Å². The number of Topliss-reactive ketones (excluding diaryl/α,β-unsaturated/α-hetero) is 1. The lowest BCUT2D eigenvalue weighted by atomic mass is 9.99. The minimum atomic E-state index is -1.47. The number of rotatable bonds is 18. The smallest absolute Gasteiger partial charge is 0.408 e. The van der Waals surface area contributed by atoms with Crippen molar-refractivity contribution in [2.45, 2.75) is 110 Å². The van der Waals surface area contributed by atoms with E-state index in [0.717, 1.165) is 23.8 Å². The normalized spacial score (nSPS) is 13.1. The van der Waals surface area contributed by atoms with Gasteiger partial charge in [-0.05, 0) is 101 Å². The van der Waals surface area contributed by atoms with E-state index in [-0.39, 0.29) is 50.1 Å². The molecule has 304 valence electrons. The summed E-state index contributed by atoms with van der Waals surface area (Å²) >= 11 is 0. The van der Waals surface area contributed by atoms with Crippen LogP contribution >= 0.6 is 0 Å². The summed E-state index contributed by atoms with van der Waals surface area (Å²) in [5.74, 6) is -3.15. The molecule has 3 unspecified atom stereocenters. The van der Waals surface area contributed by atoms with Crippen LogP contribution in [0.15, 0.2) is 72.8 Å². The molecule has 3 N–H and O–H groups in total. The third-order valence-corrected chi connectivity index (χ3v) is 7.78. The van der Waals surface area contributed by atoms with Crippen molar-refractivity contribution in [2.24, 2.45) is 0 Å². The van der Waals surface area contributed by atoms with Crippen LogP contribution in [0.4, 0.5) is 18.4 Å². The number of hydrogen-bond donors (Lipinski definition) is 3. The lowest BCUT2D eigenvalue weighted by Crippen LogP contribution is -2.53. The van der Waals surface area contributed by atoms with Crippen LogP contribution in [-0.2, 0) is 48.0 Å². The quantitative estimate of drug-likeness (QED) is 0.0937. The molecule has 0 saturated heterocycles. The number of amides is 3. The van der Waals surface area contributed by atoms with Gasteiger partial charge in [-0.1, -0.05) is 49.4 Å². The van der Waals surface area contributed by atoms with Gasteiger partial charge in [0, 0.05) is 24.9 Å². The van der Waals surface area contributed by atoms with E-state index in [4.69, 9.17) is 18.9 Å². The van der Waals surface area contributed by atoms with Gasteiger partial charge in [0.2, 0.25) is 0 Å². The van der Waals surface area contributed by atoms with Crippen molar-refractivity contribution >= 4 is 29.8 Å². The topological polar surface area (TPSA) is 158 Å². The lowest BCUT2D eigenvalue weighted by Gasteiger charge is -2.28. The molecule has 3 aromatic rings. The van der Waals surface area contributed by atoms with Gasteiger partial charge in [0.1, 0.15) is 22.8 Å². The van der Waals surface area contributed by atoms with E-state index in [9.17, 15) is 32.8 Å². The monoisotopic (exact) mass is 781 g/mol. The molecular formula is C42H53F2N3O9. The Balaban J connectivity index is 1.81. The second-order valence-corrected chi connectivity index (χ2v) is 15.3. The number of alkyl carbamates (subject to hydrolysis) is 2. The number of esters is 1. The number of hydrogen-bond acceptors (Lipinski definition) is 9. The zero-order valence-corrected chi connectivity index (χ0v) is 33.0. The average Bonchev–Trinajstić information content (AvgIpc) is 3.09. The summed E-state index contributed by atoms with van der Waals surface area (Å²) in [7, 11) is 0. The Morgan fingerprint density at radius 2 is 1.41 bits per heavy atom. The number of ketones is 1. The van der Waals surface area contributed by atoms with Crippen LogP contribution in [0, 0.1) is 11.6 Å². The zero-order valence-electron chi connectivity index (χ0n) is 33.0. The maximum Gasteiger partial charge on any atom is 0.408 e. The maximum absolute atomic E-state index is 14.5. The molecule has 0 fully saturated rings. The summed E-state index contributed by atoms with van der Waals surface area (Å²) < 4.78 is 50.8. The first-order chi connectivity index (χ1) is 26.3. The Hall–Kier alpha value is -5.37. The van der Waals surface area contributed by atoms with Crippen molar-refractivity contribution in [1.82, 2.24) is 16.0 Å². The predicted octanol–water partition coefficient (Wildman–Crippen LogP) is 6.76. The molecule has 0 aliphatic rings. The number of carbonyl (C=O) groups is 5. The zero-order chi connectivity index (χ0) is 41.5. The van der Waals surface area contributed by atoms with Crippen molar-refractivity contribution in [3.8, 4) is 0 Å². The molecule has 3 rings (SSSR count). The molecule has 12 nitrogen and oxygen atoms in total. The van der Waals surface area contributed by atoms with Gasteiger partial charge in [-0.3, -0.25) is 14.4 Å². The molecule has 0 radical (unpaired) electrons. The fourth-order valence-electron chi connectivity index (χ4n) is 5.37. The van der Waals surface area contributed by atoms with Crippen molar-refractivity contribution in [3.05, 3.63) is 107 Å². The highest BCUT2D eigenvalue weighted by atomic mass is 19.1. The predicted molar refractivity (Wildman–Crippen MR) is 205 cm³/mol. The van der Waals surface area contributed by atoms with Crippen LogP contribution in [0.25, 0.3) is 0 Å². The highest BCUT2D eigenvalue weighted by Crippen LogP contribution is 2.17. The summed E-state index contributed by atoms with van der Waals surface area (Å²) in [5, 5.41) is 7.96. The van der Waals surface area contributed by atoms with E-state index in [0.29, 0.717) is 12.0 Å². The minimum absolute atomic E-state index is 0.0139. The Morgan fingerprint density at radius 1 is 0.768 bits per heavy atom. The SMILES string of the molecule is CCCC(=O)OC(C(=O)Cc1cccc(C(=O)NCC(Cc2cc(F)ccc2F)NC(=O)OC(C)(C)C)c1)C(COCc1ccccc1)NC(=O)OC(C)(C)C. The molecular weight excluding hydrogens is 728 g/mol. The molecule has 3 aromatic carbocycles. The molecule has 0 saturated carbocycles. The molecule has 56 heavy (non-hydrogen) atoms. The van der Waals surface area contributed by atoms with Crippen molar-refractivity contribution in [2.75, 3.05) is 13.2 Å². The van der Waals surface area contributed by atoms with Crippen molar-refractivity contribution in [1.29, 1.82) is 0 Å². The maximum atomic E-state index is 14.5. The van der Waals surface area contributed by atoms with Crippen molar-refractivity contribution < 1.29 is 51.7 Å². The van der Waals surface area contributed by atoms with Crippen LogP contribution in [-0.4, -0.2) is 72.4 Å². The second-order valence-electron chi connectivity index (χ2n) is 15.3. The molecule has 0 aliphatic heterocycles. The number of ether oxygens (including phenoxy) is 4. The number of halogens is 2. The minimum Gasteiger partial charge on any atom is -0.452 e. The molecule has 0 bridgehead atoms. The molecule has 3 amide bonds. The van der Waals surface area contributed by atoms with E-state index in [2.05, 4.69) is 16.0 Å². The van der Waals surface area contributed by atoms with Crippen molar-refractivity contribution in [3.63, 3.8) is 0 Å². The van der Waals surface area contributed by atoms with Crippen LogP contribution in [0.2, 0.25) is 0 Å². The van der Waals surface area contributed by atoms with Gasteiger partial charge in [0.25, 0.3) is 5.91 Å². The largest absolute Gasteiger partial charge is 0.452 e. The van der Waals surface area contributed by atoms with Gasteiger partial charge < -0.3 is 34.9 Å². The molecule has 0 heterocycles. The Bertz CT molecular complexity index is 1790. The number of nitrogens with one attached hydrogen (secondary N) is 3. The Kier molecular flexibility index (Phi) is 16.9. The molecule has 0 spiro atoms. The van der Waals surface area contributed by atoms with Crippen LogP contribution in [0.3, 0.4) is 0 Å². The Labute approximate surface area is 327 Å². The van der Waals surface area contributed by atoms with Gasteiger partial charge in [0.05, 0.1) is 25.3 Å². The van der Waals surface area contributed by atoms with E-state index < -0.39 is 70.9 Å². The average molecular weight is 782 g/mol.